The average molecular weight is 352 g/mol. The molecule has 0 fully saturated rings. The lowest BCUT2D eigenvalue weighted by Gasteiger charge is -2.19. The van der Waals surface area contributed by atoms with Gasteiger partial charge in [-0.2, -0.15) is 0 Å². The maximum absolute atomic E-state index is 5.58. The van der Waals surface area contributed by atoms with Gasteiger partial charge in [0.1, 0.15) is 11.5 Å². The normalized spacial score (nSPS) is 12.4. The third-order valence-electron chi connectivity index (χ3n) is 3.41. The zero-order valence-corrected chi connectivity index (χ0v) is 14.4. The topological polar surface area (TPSA) is 34.4 Å². The quantitative estimate of drug-likeness (QED) is 0.784. The molecule has 2 aromatic rings. The van der Waals surface area contributed by atoms with Crippen molar-refractivity contribution in [2.75, 3.05) is 13.2 Å². The fourth-order valence-corrected chi connectivity index (χ4v) is 2.99. The minimum Gasteiger partial charge on any atom is -0.493 e. The lowest BCUT2D eigenvalue weighted by atomic mass is 9.98. The molecule has 1 unspecified atom stereocenters. The molecule has 4 heteroatoms. The summed E-state index contributed by atoms with van der Waals surface area (Å²) in [5, 5.41) is 3.53. The molecule has 0 radical (unpaired) electrons. The van der Waals surface area contributed by atoms with Crippen LogP contribution in [0.25, 0.3) is 0 Å². The molecular formula is C17H22BrNO2. The van der Waals surface area contributed by atoms with Crippen molar-refractivity contribution >= 4 is 15.9 Å². The van der Waals surface area contributed by atoms with Crippen LogP contribution in [0.2, 0.25) is 0 Å². The van der Waals surface area contributed by atoms with Gasteiger partial charge in [-0.25, -0.2) is 0 Å². The van der Waals surface area contributed by atoms with Crippen molar-refractivity contribution in [1.82, 2.24) is 5.32 Å². The van der Waals surface area contributed by atoms with Crippen LogP contribution in [-0.4, -0.2) is 13.2 Å². The molecule has 0 saturated carbocycles. The fraction of sp³-hybridized carbons (Fsp3) is 0.412. The van der Waals surface area contributed by atoms with E-state index in [1.165, 1.54) is 11.1 Å². The highest BCUT2D eigenvalue weighted by Gasteiger charge is 2.19. The summed E-state index contributed by atoms with van der Waals surface area (Å²) in [4.78, 5) is 0. The Kier molecular flexibility index (Phi) is 5.88. The summed E-state index contributed by atoms with van der Waals surface area (Å²) in [6.07, 6.45) is 2.66. The standard InChI is InChI=1S/C17H22BrNO2/c1-4-15-13(9-10-21-15)17(19-5-2)12-7-8-16(20-6-3)14(18)11-12/h7-11,17,19H,4-6H2,1-3H3. The van der Waals surface area contributed by atoms with Crippen molar-refractivity contribution in [1.29, 1.82) is 0 Å². The molecule has 1 atom stereocenters. The Bertz CT molecular complexity index is 580. The Labute approximate surface area is 134 Å². The molecule has 0 bridgehead atoms. The lowest BCUT2D eigenvalue weighted by Crippen LogP contribution is -2.22. The monoisotopic (exact) mass is 351 g/mol. The van der Waals surface area contributed by atoms with Crippen molar-refractivity contribution in [2.45, 2.75) is 33.2 Å². The molecule has 1 aromatic heterocycles. The van der Waals surface area contributed by atoms with Crippen LogP contribution < -0.4 is 10.1 Å². The highest BCUT2D eigenvalue weighted by Crippen LogP contribution is 2.32. The minimum absolute atomic E-state index is 0.135. The van der Waals surface area contributed by atoms with Crippen LogP contribution >= 0.6 is 15.9 Å². The molecule has 0 aliphatic rings. The van der Waals surface area contributed by atoms with Crippen molar-refractivity contribution in [3.05, 3.63) is 51.9 Å². The third-order valence-corrected chi connectivity index (χ3v) is 4.03. The van der Waals surface area contributed by atoms with E-state index in [0.29, 0.717) is 6.61 Å². The summed E-state index contributed by atoms with van der Waals surface area (Å²) in [6.45, 7) is 7.77. The molecule has 0 aliphatic heterocycles. The van der Waals surface area contributed by atoms with Gasteiger partial charge in [0.15, 0.2) is 0 Å². The highest BCUT2D eigenvalue weighted by atomic mass is 79.9. The first-order valence-corrected chi connectivity index (χ1v) is 8.22. The number of halogens is 1. The lowest BCUT2D eigenvalue weighted by molar-refractivity contribution is 0.338. The molecule has 0 amide bonds. The Morgan fingerprint density at radius 3 is 2.67 bits per heavy atom. The summed E-state index contributed by atoms with van der Waals surface area (Å²) < 4.78 is 12.1. The van der Waals surface area contributed by atoms with Crippen LogP contribution in [0.5, 0.6) is 5.75 Å². The van der Waals surface area contributed by atoms with Gasteiger partial charge in [0, 0.05) is 12.0 Å². The van der Waals surface area contributed by atoms with Crippen LogP contribution in [0.15, 0.2) is 39.4 Å². The number of ether oxygens (including phenoxy) is 1. The van der Waals surface area contributed by atoms with Crippen LogP contribution in [-0.2, 0) is 6.42 Å². The number of hydrogen-bond donors (Lipinski definition) is 1. The van der Waals surface area contributed by atoms with Gasteiger partial charge < -0.3 is 14.5 Å². The first-order valence-electron chi connectivity index (χ1n) is 7.43. The molecule has 0 saturated heterocycles. The number of benzene rings is 1. The Morgan fingerprint density at radius 2 is 2.05 bits per heavy atom. The maximum Gasteiger partial charge on any atom is 0.133 e. The van der Waals surface area contributed by atoms with Crippen molar-refractivity contribution in [2.24, 2.45) is 0 Å². The Morgan fingerprint density at radius 1 is 1.24 bits per heavy atom. The maximum atomic E-state index is 5.58. The van der Waals surface area contributed by atoms with Gasteiger partial charge in [0.05, 0.1) is 23.4 Å². The largest absolute Gasteiger partial charge is 0.493 e. The van der Waals surface area contributed by atoms with E-state index < -0.39 is 0 Å². The number of hydrogen-bond acceptors (Lipinski definition) is 3. The number of furan rings is 1. The van der Waals surface area contributed by atoms with Crippen LogP contribution in [0.3, 0.4) is 0 Å². The van der Waals surface area contributed by atoms with Crippen molar-refractivity contribution < 1.29 is 9.15 Å². The fourth-order valence-electron chi connectivity index (χ4n) is 2.48. The second-order valence-electron chi connectivity index (χ2n) is 4.77. The zero-order chi connectivity index (χ0) is 15.2. The molecule has 0 spiro atoms. The van der Waals surface area contributed by atoms with Gasteiger partial charge in [-0.1, -0.05) is 19.9 Å². The van der Waals surface area contributed by atoms with Gasteiger partial charge in [-0.15, -0.1) is 0 Å². The van der Waals surface area contributed by atoms with Crippen LogP contribution in [0.4, 0.5) is 0 Å². The molecule has 1 aromatic carbocycles. The molecule has 1 heterocycles. The average Bonchev–Trinajstić information content (AvgIpc) is 2.95. The van der Waals surface area contributed by atoms with E-state index in [-0.39, 0.29) is 6.04 Å². The van der Waals surface area contributed by atoms with Crippen LogP contribution in [0.1, 0.15) is 43.7 Å². The van der Waals surface area contributed by atoms with E-state index in [1.807, 2.05) is 13.0 Å². The second kappa shape index (κ2) is 7.66. The molecule has 114 valence electrons. The smallest absolute Gasteiger partial charge is 0.133 e. The summed E-state index contributed by atoms with van der Waals surface area (Å²) in [5.41, 5.74) is 2.40. The van der Waals surface area contributed by atoms with Gasteiger partial charge >= 0.3 is 0 Å². The highest BCUT2D eigenvalue weighted by molar-refractivity contribution is 9.10. The van der Waals surface area contributed by atoms with E-state index in [4.69, 9.17) is 9.15 Å². The SMILES string of the molecule is CCNC(c1ccc(OCC)c(Br)c1)c1ccoc1CC. The van der Waals surface area contributed by atoms with E-state index in [2.05, 4.69) is 53.3 Å². The number of rotatable bonds is 7. The second-order valence-corrected chi connectivity index (χ2v) is 5.62. The molecule has 2 rings (SSSR count). The minimum atomic E-state index is 0.135. The summed E-state index contributed by atoms with van der Waals surface area (Å²) in [6, 6.07) is 8.42. The van der Waals surface area contributed by atoms with E-state index >= 15 is 0 Å². The van der Waals surface area contributed by atoms with Crippen LogP contribution in [0, 0.1) is 0 Å². The third kappa shape index (κ3) is 3.69. The molecule has 3 nitrogen and oxygen atoms in total. The van der Waals surface area contributed by atoms with Gasteiger partial charge in [-0.3, -0.25) is 0 Å². The molecule has 21 heavy (non-hydrogen) atoms. The number of aryl methyl sites for hydroxylation is 1. The summed E-state index contributed by atoms with van der Waals surface area (Å²) >= 11 is 3.59. The predicted octanol–water partition coefficient (Wildman–Crippen LogP) is 4.70. The Hall–Kier alpha value is -1.26. The Balaban J connectivity index is 2.36. The summed E-state index contributed by atoms with van der Waals surface area (Å²) in [5.74, 6) is 1.91. The molecule has 0 aliphatic carbocycles. The van der Waals surface area contributed by atoms with Gasteiger partial charge in [0.25, 0.3) is 0 Å². The predicted molar refractivity (Wildman–Crippen MR) is 88.9 cm³/mol. The molecular weight excluding hydrogens is 330 g/mol. The number of nitrogens with one attached hydrogen (secondary N) is 1. The molecule has 1 N–H and O–H groups in total. The first-order chi connectivity index (χ1) is 10.2. The van der Waals surface area contributed by atoms with E-state index in [1.54, 1.807) is 6.26 Å². The van der Waals surface area contributed by atoms with Gasteiger partial charge in [-0.05, 0) is 53.2 Å². The van der Waals surface area contributed by atoms with Crippen molar-refractivity contribution in [3.63, 3.8) is 0 Å². The van der Waals surface area contributed by atoms with E-state index in [0.717, 1.165) is 28.9 Å². The summed E-state index contributed by atoms with van der Waals surface area (Å²) in [7, 11) is 0. The van der Waals surface area contributed by atoms with E-state index in [9.17, 15) is 0 Å². The zero-order valence-electron chi connectivity index (χ0n) is 12.8. The van der Waals surface area contributed by atoms with Gasteiger partial charge in [0.2, 0.25) is 0 Å². The van der Waals surface area contributed by atoms with Crippen molar-refractivity contribution in [3.8, 4) is 5.75 Å². The first kappa shape index (κ1) is 16.1.